The maximum absolute atomic E-state index is 11.6. The normalized spacial score (nSPS) is 19.0. The number of carbonyl (C=O) groups excluding carboxylic acids is 1. The number of benzene rings is 1. The highest BCUT2D eigenvalue weighted by Crippen LogP contribution is 2.24. The fourth-order valence-electron chi connectivity index (χ4n) is 2.63. The topological polar surface area (TPSA) is 67.6 Å². The Morgan fingerprint density at radius 1 is 1.55 bits per heavy atom. The molecule has 0 amide bonds. The molecule has 0 bridgehead atoms. The van der Waals surface area contributed by atoms with Gasteiger partial charge in [-0.2, -0.15) is 0 Å². The molecular formula is C15H23N3O2. The third kappa shape index (κ3) is 3.22. The molecule has 5 heteroatoms. The number of hydrogen-bond acceptors (Lipinski definition) is 5. The molecule has 2 rings (SSSR count). The second kappa shape index (κ2) is 6.61. The minimum atomic E-state index is -0.399. The van der Waals surface area contributed by atoms with E-state index in [1.165, 1.54) is 20.1 Å². The zero-order valence-electron chi connectivity index (χ0n) is 12.2. The number of nitrogen functional groups attached to an aromatic ring is 1. The number of hydrogen-bond donors (Lipinski definition) is 2. The highest BCUT2D eigenvalue weighted by atomic mass is 16.5. The molecule has 1 saturated heterocycles. The maximum atomic E-state index is 11.6. The van der Waals surface area contributed by atoms with E-state index >= 15 is 0 Å². The molecule has 1 aromatic carbocycles. The minimum absolute atomic E-state index is 0.399. The van der Waals surface area contributed by atoms with E-state index in [1.807, 2.05) is 12.1 Å². The summed E-state index contributed by atoms with van der Waals surface area (Å²) in [5, 5.41) is 3.36. The van der Waals surface area contributed by atoms with Crippen LogP contribution < -0.4 is 11.1 Å². The number of ether oxygens (including phenoxy) is 1. The number of anilines is 2. The standard InChI is InChI=1S/C15H23N3O2/c1-3-18-8-7-11(10-18)9-17-13-6-4-5-12(14(13)16)15(19)20-2/h4-6,11,17H,3,7-10,16H2,1-2H3. The van der Waals surface area contributed by atoms with Crippen molar-refractivity contribution in [2.24, 2.45) is 5.92 Å². The highest BCUT2D eigenvalue weighted by Gasteiger charge is 2.21. The highest BCUT2D eigenvalue weighted by molar-refractivity contribution is 5.98. The molecule has 20 heavy (non-hydrogen) atoms. The van der Waals surface area contributed by atoms with Gasteiger partial charge in [-0.25, -0.2) is 4.79 Å². The van der Waals surface area contributed by atoms with E-state index in [0.717, 1.165) is 25.3 Å². The van der Waals surface area contributed by atoms with Crippen LogP contribution in [0.15, 0.2) is 18.2 Å². The first-order valence-electron chi connectivity index (χ1n) is 7.08. The number of nitrogens with zero attached hydrogens (tertiary/aromatic N) is 1. The Morgan fingerprint density at radius 3 is 3.00 bits per heavy atom. The SMILES string of the molecule is CCN1CCC(CNc2cccc(C(=O)OC)c2N)C1. The van der Waals surface area contributed by atoms with Gasteiger partial charge in [0, 0.05) is 13.1 Å². The van der Waals surface area contributed by atoms with Crippen molar-refractivity contribution in [3.63, 3.8) is 0 Å². The van der Waals surface area contributed by atoms with Crippen molar-refractivity contribution in [1.82, 2.24) is 4.90 Å². The number of carbonyl (C=O) groups is 1. The molecule has 1 heterocycles. The first-order valence-corrected chi connectivity index (χ1v) is 7.08. The first kappa shape index (κ1) is 14.7. The van der Waals surface area contributed by atoms with Gasteiger partial charge in [0.15, 0.2) is 0 Å². The van der Waals surface area contributed by atoms with Crippen LogP contribution in [-0.2, 0) is 4.74 Å². The summed E-state index contributed by atoms with van der Waals surface area (Å²) in [5.74, 6) is 0.236. The van der Waals surface area contributed by atoms with Crippen molar-refractivity contribution in [1.29, 1.82) is 0 Å². The molecule has 0 aromatic heterocycles. The van der Waals surface area contributed by atoms with Crippen LogP contribution in [0.2, 0.25) is 0 Å². The van der Waals surface area contributed by atoms with Crippen molar-refractivity contribution in [2.75, 3.05) is 44.3 Å². The molecule has 1 aliphatic heterocycles. The van der Waals surface area contributed by atoms with Gasteiger partial charge >= 0.3 is 5.97 Å². The summed E-state index contributed by atoms with van der Waals surface area (Å²) in [6.45, 7) is 6.47. The number of nitrogens with one attached hydrogen (secondary N) is 1. The minimum Gasteiger partial charge on any atom is -0.465 e. The van der Waals surface area contributed by atoms with Crippen LogP contribution in [0.4, 0.5) is 11.4 Å². The van der Waals surface area contributed by atoms with E-state index in [0.29, 0.717) is 17.2 Å². The van der Waals surface area contributed by atoms with Crippen molar-refractivity contribution in [3.8, 4) is 0 Å². The van der Waals surface area contributed by atoms with E-state index in [1.54, 1.807) is 6.07 Å². The summed E-state index contributed by atoms with van der Waals surface area (Å²) < 4.78 is 4.73. The Labute approximate surface area is 120 Å². The predicted molar refractivity (Wildman–Crippen MR) is 80.9 cm³/mol. The quantitative estimate of drug-likeness (QED) is 0.634. The number of para-hydroxylation sites is 1. The van der Waals surface area contributed by atoms with Crippen LogP contribution in [0.3, 0.4) is 0 Å². The average molecular weight is 277 g/mol. The molecule has 1 unspecified atom stereocenters. The Kier molecular flexibility index (Phi) is 4.84. The van der Waals surface area contributed by atoms with Gasteiger partial charge in [-0.05, 0) is 37.6 Å². The fraction of sp³-hybridized carbons (Fsp3) is 0.533. The zero-order chi connectivity index (χ0) is 14.5. The summed E-state index contributed by atoms with van der Waals surface area (Å²) in [6.07, 6.45) is 1.21. The molecule has 0 aliphatic carbocycles. The monoisotopic (exact) mass is 277 g/mol. The summed E-state index contributed by atoms with van der Waals surface area (Å²) in [7, 11) is 1.36. The number of nitrogens with two attached hydrogens (primary N) is 1. The van der Waals surface area contributed by atoms with Gasteiger partial charge in [0.05, 0.1) is 24.0 Å². The van der Waals surface area contributed by atoms with Crippen LogP contribution in [0.25, 0.3) is 0 Å². The first-order chi connectivity index (χ1) is 9.65. The Balaban J connectivity index is 1.98. The van der Waals surface area contributed by atoms with Gasteiger partial charge in [-0.15, -0.1) is 0 Å². The fourth-order valence-corrected chi connectivity index (χ4v) is 2.63. The zero-order valence-corrected chi connectivity index (χ0v) is 12.2. The van der Waals surface area contributed by atoms with E-state index in [4.69, 9.17) is 10.5 Å². The molecule has 1 aliphatic rings. The lowest BCUT2D eigenvalue weighted by molar-refractivity contribution is 0.0602. The number of likely N-dealkylation sites (tertiary alicyclic amines) is 1. The summed E-state index contributed by atoms with van der Waals surface area (Å²) in [6, 6.07) is 5.40. The molecule has 5 nitrogen and oxygen atoms in total. The van der Waals surface area contributed by atoms with Crippen LogP contribution >= 0.6 is 0 Å². The van der Waals surface area contributed by atoms with Crippen molar-refractivity contribution in [2.45, 2.75) is 13.3 Å². The molecular weight excluding hydrogens is 254 g/mol. The van der Waals surface area contributed by atoms with Crippen LogP contribution in [0, 0.1) is 5.92 Å². The van der Waals surface area contributed by atoms with E-state index < -0.39 is 5.97 Å². The van der Waals surface area contributed by atoms with E-state index in [9.17, 15) is 4.79 Å². The maximum Gasteiger partial charge on any atom is 0.340 e. The second-order valence-corrected chi connectivity index (χ2v) is 5.19. The number of rotatable bonds is 5. The molecule has 1 atom stereocenters. The number of methoxy groups -OCH3 is 1. The van der Waals surface area contributed by atoms with Crippen molar-refractivity contribution in [3.05, 3.63) is 23.8 Å². The van der Waals surface area contributed by atoms with E-state index in [2.05, 4.69) is 17.1 Å². The molecule has 1 fully saturated rings. The largest absolute Gasteiger partial charge is 0.465 e. The van der Waals surface area contributed by atoms with Gasteiger partial charge in [-0.1, -0.05) is 13.0 Å². The molecule has 0 saturated carbocycles. The van der Waals surface area contributed by atoms with E-state index in [-0.39, 0.29) is 0 Å². The average Bonchev–Trinajstić information content (AvgIpc) is 2.93. The predicted octanol–water partition coefficient (Wildman–Crippen LogP) is 1.81. The van der Waals surface area contributed by atoms with Crippen molar-refractivity contribution < 1.29 is 9.53 Å². The Hall–Kier alpha value is -1.75. The molecule has 1 aromatic rings. The summed E-state index contributed by atoms with van der Waals surface area (Å²) >= 11 is 0. The lowest BCUT2D eigenvalue weighted by Gasteiger charge is -2.16. The van der Waals surface area contributed by atoms with Gasteiger partial charge in [0.25, 0.3) is 0 Å². The molecule has 0 spiro atoms. The third-order valence-electron chi connectivity index (χ3n) is 3.91. The second-order valence-electron chi connectivity index (χ2n) is 5.19. The van der Waals surface area contributed by atoms with Gasteiger partial charge < -0.3 is 20.7 Å². The van der Waals surface area contributed by atoms with Crippen molar-refractivity contribution >= 4 is 17.3 Å². The smallest absolute Gasteiger partial charge is 0.340 e. The Morgan fingerprint density at radius 2 is 2.35 bits per heavy atom. The number of esters is 1. The van der Waals surface area contributed by atoms with Gasteiger partial charge in [0.1, 0.15) is 0 Å². The van der Waals surface area contributed by atoms with Gasteiger partial charge in [0.2, 0.25) is 0 Å². The molecule has 110 valence electrons. The molecule has 3 N–H and O–H groups in total. The van der Waals surface area contributed by atoms with Crippen LogP contribution in [-0.4, -0.2) is 44.2 Å². The van der Waals surface area contributed by atoms with Gasteiger partial charge in [-0.3, -0.25) is 0 Å². The summed E-state index contributed by atoms with van der Waals surface area (Å²) in [5.41, 5.74) is 7.71. The lowest BCUT2D eigenvalue weighted by atomic mass is 10.1. The van der Waals surface area contributed by atoms with Crippen LogP contribution in [0.1, 0.15) is 23.7 Å². The Bertz CT molecular complexity index is 476. The third-order valence-corrected chi connectivity index (χ3v) is 3.91. The lowest BCUT2D eigenvalue weighted by Crippen LogP contribution is -2.22. The summed E-state index contributed by atoms with van der Waals surface area (Å²) in [4.78, 5) is 14.0. The van der Waals surface area contributed by atoms with Crippen LogP contribution in [0.5, 0.6) is 0 Å². The molecule has 0 radical (unpaired) electrons.